The van der Waals surface area contributed by atoms with E-state index in [9.17, 15) is 9.59 Å². The summed E-state index contributed by atoms with van der Waals surface area (Å²) >= 11 is 0. The fourth-order valence-electron chi connectivity index (χ4n) is 1.25. The molecule has 0 aromatic carbocycles. The summed E-state index contributed by atoms with van der Waals surface area (Å²) in [6.07, 6.45) is 5.91. The summed E-state index contributed by atoms with van der Waals surface area (Å²) in [5.74, 6) is -1.70. The summed E-state index contributed by atoms with van der Waals surface area (Å²) in [6, 6.07) is 2.41. The van der Waals surface area contributed by atoms with E-state index in [1.54, 1.807) is 24.5 Å². The van der Waals surface area contributed by atoms with Gasteiger partial charge >= 0.3 is 5.97 Å². The molecule has 0 saturated carbocycles. The fourth-order valence-corrected chi connectivity index (χ4v) is 1.25. The Kier molecular flexibility index (Phi) is 5.53. The Morgan fingerprint density at radius 1 is 1.50 bits per heavy atom. The van der Waals surface area contributed by atoms with Gasteiger partial charge in [0.2, 0.25) is 5.91 Å². The van der Waals surface area contributed by atoms with Gasteiger partial charge in [-0.15, -0.1) is 0 Å². The number of nitrogens with one attached hydrogen (secondary N) is 1. The van der Waals surface area contributed by atoms with E-state index in [4.69, 9.17) is 10.2 Å². The highest BCUT2D eigenvalue weighted by Gasteiger charge is 2.17. The molecule has 0 aliphatic heterocycles. The number of aromatic nitrogens is 1. The average molecular weight is 250 g/mol. The summed E-state index contributed by atoms with van der Waals surface area (Å²) in [5, 5.41) is 19.7. The van der Waals surface area contributed by atoms with E-state index in [0.29, 0.717) is 0 Å². The lowest BCUT2D eigenvalue weighted by Gasteiger charge is -2.11. The molecule has 0 radical (unpaired) electrons. The van der Waals surface area contributed by atoms with Gasteiger partial charge in [-0.05, 0) is 17.7 Å². The summed E-state index contributed by atoms with van der Waals surface area (Å²) in [6.45, 7) is -0.302. The molecule has 6 nitrogen and oxygen atoms in total. The Labute approximate surface area is 104 Å². The van der Waals surface area contributed by atoms with Crippen molar-refractivity contribution in [3.63, 3.8) is 0 Å². The molecule has 6 heteroatoms. The molecule has 0 aliphatic rings. The van der Waals surface area contributed by atoms with E-state index in [2.05, 4.69) is 10.3 Å². The Balaban J connectivity index is 2.55. The third-order valence-electron chi connectivity index (χ3n) is 2.14. The zero-order valence-corrected chi connectivity index (χ0v) is 9.61. The summed E-state index contributed by atoms with van der Waals surface area (Å²) in [4.78, 5) is 26.1. The topological polar surface area (TPSA) is 99.5 Å². The van der Waals surface area contributed by atoms with Crippen LogP contribution in [0.3, 0.4) is 0 Å². The predicted octanol–water partition coefficient (Wildman–Crippen LogP) is 0.0466. The van der Waals surface area contributed by atoms with Gasteiger partial charge in [0, 0.05) is 31.5 Å². The van der Waals surface area contributed by atoms with Crippen molar-refractivity contribution in [1.29, 1.82) is 0 Å². The first kappa shape index (κ1) is 13.9. The lowest BCUT2D eigenvalue weighted by molar-refractivity contribution is -0.141. The smallest absolute Gasteiger partial charge is 0.326 e. The maximum absolute atomic E-state index is 11.4. The minimum absolute atomic E-state index is 0.0260. The molecule has 3 N–H and O–H groups in total. The Hall–Kier alpha value is -2.21. The van der Waals surface area contributed by atoms with Crippen LogP contribution in [0, 0.1) is 0 Å². The molecular weight excluding hydrogens is 236 g/mol. The number of hydrogen-bond donors (Lipinski definition) is 3. The minimum atomic E-state index is -1.17. The van der Waals surface area contributed by atoms with Gasteiger partial charge in [0.05, 0.1) is 0 Å². The molecular formula is C12H14N2O4. The van der Waals surface area contributed by atoms with E-state index in [0.717, 1.165) is 5.56 Å². The second kappa shape index (κ2) is 7.18. The number of aliphatic hydroxyl groups is 1. The highest BCUT2D eigenvalue weighted by Crippen LogP contribution is 1.99. The Morgan fingerprint density at radius 2 is 2.28 bits per heavy atom. The SMILES string of the molecule is O=C(C=Cc1cccnc1)NC(CCO)C(=O)O. The summed E-state index contributed by atoms with van der Waals surface area (Å²) in [5.41, 5.74) is 0.738. The van der Waals surface area contributed by atoms with Crippen LogP contribution in [0.25, 0.3) is 6.08 Å². The molecule has 1 atom stereocenters. The maximum atomic E-state index is 11.4. The molecule has 1 unspecified atom stereocenters. The zero-order chi connectivity index (χ0) is 13.4. The molecule has 1 amide bonds. The third-order valence-corrected chi connectivity index (χ3v) is 2.14. The van der Waals surface area contributed by atoms with E-state index in [1.807, 2.05) is 0 Å². The van der Waals surface area contributed by atoms with Crippen LogP contribution in [-0.4, -0.2) is 39.7 Å². The van der Waals surface area contributed by atoms with E-state index in [-0.39, 0.29) is 13.0 Å². The normalized spacial score (nSPS) is 12.3. The van der Waals surface area contributed by atoms with Crippen LogP contribution >= 0.6 is 0 Å². The van der Waals surface area contributed by atoms with Crippen LogP contribution < -0.4 is 5.32 Å². The minimum Gasteiger partial charge on any atom is -0.480 e. The van der Waals surface area contributed by atoms with Gasteiger partial charge in [-0.1, -0.05) is 6.07 Å². The quantitative estimate of drug-likeness (QED) is 0.619. The second-order valence-corrected chi connectivity index (χ2v) is 3.53. The number of carbonyl (C=O) groups is 2. The number of amides is 1. The maximum Gasteiger partial charge on any atom is 0.326 e. The molecule has 1 rings (SSSR count). The number of rotatable bonds is 6. The van der Waals surface area contributed by atoms with Gasteiger partial charge < -0.3 is 15.5 Å². The molecule has 1 heterocycles. The van der Waals surface area contributed by atoms with E-state index in [1.165, 1.54) is 12.2 Å². The molecule has 1 aromatic heterocycles. The third kappa shape index (κ3) is 4.75. The van der Waals surface area contributed by atoms with Gasteiger partial charge in [0.15, 0.2) is 0 Å². The second-order valence-electron chi connectivity index (χ2n) is 3.53. The van der Waals surface area contributed by atoms with Crippen molar-refractivity contribution < 1.29 is 19.8 Å². The van der Waals surface area contributed by atoms with Crippen molar-refractivity contribution in [2.75, 3.05) is 6.61 Å². The number of pyridine rings is 1. The molecule has 96 valence electrons. The summed E-state index contributed by atoms with van der Waals surface area (Å²) in [7, 11) is 0. The van der Waals surface area contributed by atoms with Crippen LogP contribution in [0.15, 0.2) is 30.6 Å². The van der Waals surface area contributed by atoms with Crippen molar-refractivity contribution in [3.8, 4) is 0 Å². The highest BCUT2D eigenvalue weighted by atomic mass is 16.4. The number of carbonyl (C=O) groups excluding carboxylic acids is 1. The molecule has 18 heavy (non-hydrogen) atoms. The van der Waals surface area contributed by atoms with Crippen LogP contribution in [0.1, 0.15) is 12.0 Å². The lowest BCUT2D eigenvalue weighted by atomic mass is 10.2. The van der Waals surface area contributed by atoms with Crippen molar-refractivity contribution in [2.24, 2.45) is 0 Å². The van der Waals surface area contributed by atoms with E-state index < -0.39 is 17.9 Å². The first-order valence-corrected chi connectivity index (χ1v) is 5.35. The van der Waals surface area contributed by atoms with Gasteiger partial charge in [0.1, 0.15) is 6.04 Å². The zero-order valence-electron chi connectivity index (χ0n) is 9.61. The molecule has 1 aromatic rings. The van der Waals surface area contributed by atoms with Crippen LogP contribution in [-0.2, 0) is 9.59 Å². The number of carboxylic acids is 1. The fraction of sp³-hybridized carbons (Fsp3) is 0.250. The highest BCUT2D eigenvalue weighted by molar-refractivity contribution is 5.94. The lowest BCUT2D eigenvalue weighted by Crippen LogP contribution is -2.40. The van der Waals surface area contributed by atoms with Gasteiger partial charge in [-0.2, -0.15) is 0 Å². The van der Waals surface area contributed by atoms with Crippen molar-refractivity contribution in [3.05, 3.63) is 36.2 Å². The molecule has 0 bridgehead atoms. The number of aliphatic carboxylic acids is 1. The summed E-state index contributed by atoms with van der Waals surface area (Å²) < 4.78 is 0. The first-order chi connectivity index (χ1) is 8.63. The van der Waals surface area contributed by atoms with Crippen molar-refractivity contribution in [2.45, 2.75) is 12.5 Å². The number of hydrogen-bond acceptors (Lipinski definition) is 4. The first-order valence-electron chi connectivity index (χ1n) is 5.35. The largest absolute Gasteiger partial charge is 0.480 e. The Bertz CT molecular complexity index is 431. The van der Waals surface area contributed by atoms with Crippen LogP contribution in [0.2, 0.25) is 0 Å². The predicted molar refractivity (Wildman–Crippen MR) is 64.5 cm³/mol. The van der Waals surface area contributed by atoms with Crippen LogP contribution in [0.5, 0.6) is 0 Å². The van der Waals surface area contributed by atoms with Crippen molar-refractivity contribution in [1.82, 2.24) is 10.3 Å². The van der Waals surface area contributed by atoms with Crippen molar-refractivity contribution >= 4 is 18.0 Å². The number of aliphatic hydroxyl groups excluding tert-OH is 1. The standard InChI is InChI=1S/C12H14N2O4/c15-7-5-10(12(17)18)14-11(16)4-3-9-2-1-6-13-8-9/h1-4,6,8,10,15H,5,7H2,(H,14,16)(H,17,18). The Morgan fingerprint density at radius 3 is 2.83 bits per heavy atom. The molecule has 0 fully saturated rings. The van der Waals surface area contributed by atoms with Crippen LogP contribution in [0.4, 0.5) is 0 Å². The van der Waals surface area contributed by atoms with Gasteiger partial charge in [-0.3, -0.25) is 9.78 Å². The van der Waals surface area contributed by atoms with Gasteiger partial charge in [-0.25, -0.2) is 4.79 Å². The molecule has 0 spiro atoms. The molecule has 0 aliphatic carbocycles. The van der Waals surface area contributed by atoms with Gasteiger partial charge in [0.25, 0.3) is 0 Å². The number of carboxylic acid groups (broad SMARTS) is 1. The average Bonchev–Trinajstić information content (AvgIpc) is 2.37. The van der Waals surface area contributed by atoms with E-state index >= 15 is 0 Å². The number of nitrogens with zero attached hydrogens (tertiary/aromatic N) is 1. The molecule has 0 saturated heterocycles. The monoisotopic (exact) mass is 250 g/mol.